The highest BCUT2D eigenvalue weighted by atomic mass is 35.5. The van der Waals surface area contributed by atoms with Crippen LogP contribution in [-0.4, -0.2) is 18.0 Å². The van der Waals surface area contributed by atoms with Gasteiger partial charge in [0.25, 0.3) is 5.91 Å². The number of nitrogens with one attached hydrogen (secondary N) is 1. The topological polar surface area (TPSA) is 60.5 Å². The number of anilines is 1. The highest BCUT2D eigenvalue weighted by Crippen LogP contribution is 2.27. The molecule has 5 nitrogen and oxygen atoms in total. The van der Waals surface area contributed by atoms with E-state index in [1.165, 1.54) is 13.3 Å². The van der Waals surface area contributed by atoms with Crippen LogP contribution in [0.5, 0.6) is 17.4 Å². The standard InChI is InChI=1S/C20H17ClN2O3/c1-13-11-14(21)7-9-17(13)26-19-10-8-15(12-22-19)23-20(24)16-5-3-4-6-18(16)25-2/h3-12H,1-2H3,(H,23,24). The Kier molecular flexibility index (Phi) is 5.39. The molecule has 1 aromatic heterocycles. The molecule has 26 heavy (non-hydrogen) atoms. The van der Waals surface area contributed by atoms with Crippen LogP contribution in [0.4, 0.5) is 5.69 Å². The predicted molar refractivity (Wildman–Crippen MR) is 101 cm³/mol. The first-order valence-electron chi connectivity index (χ1n) is 7.91. The first kappa shape index (κ1) is 17.8. The molecule has 0 spiro atoms. The highest BCUT2D eigenvalue weighted by Gasteiger charge is 2.12. The molecule has 3 rings (SSSR count). The van der Waals surface area contributed by atoms with Gasteiger partial charge >= 0.3 is 0 Å². The van der Waals surface area contributed by atoms with Gasteiger partial charge in [-0.15, -0.1) is 0 Å². The number of aromatic nitrogens is 1. The van der Waals surface area contributed by atoms with E-state index in [1.54, 1.807) is 42.5 Å². The van der Waals surface area contributed by atoms with E-state index < -0.39 is 0 Å². The fourth-order valence-corrected chi connectivity index (χ4v) is 2.61. The number of amides is 1. The molecule has 0 saturated carbocycles. The third-order valence-corrected chi connectivity index (χ3v) is 3.93. The van der Waals surface area contributed by atoms with Crippen LogP contribution in [0.2, 0.25) is 5.02 Å². The molecular formula is C20H17ClN2O3. The quantitative estimate of drug-likeness (QED) is 0.680. The van der Waals surface area contributed by atoms with E-state index >= 15 is 0 Å². The summed E-state index contributed by atoms with van der Waals surface area (Å²) in [6, 6.07) is 15.8. The fraction of sp³-hybridized carbons (Fsp3) is 0.100. The minimum atomic E-state index is -0.272. The van der Waals surface area contributed by atoms with Gasteiger partial charge in [0.1, 0.15) is 11.5 Å². The Hall–Kier alpha value is -3.05. The minimum absolute atomic E-state index is 0.272. The van der Waals surface area contributed by atoms with Crippen LogP contribution >= 0.6 is 11.6 Å². The first-order valence-corrected chi connectivity index (χ1v) is 8.29. The lowest BCUT2D eigenvalue weighted by atomic mass is 10.2. The summed E-state index contributed by atoms with van der Waals surface area (Å²) in [5.41, 5.74) is 1.92. The summed E-state index contributed by atoms with van der Waals surface area (Å²) in [7, 11) is 1.53. The molecule has 1 amide bonds. The summed E-state index contributed by atoms with van der Waals surface area (Å²) in [5.74, 6) is 1.33. The summed E-state index contributed by atoms with van der Waals surface area (Å²) < 4.78 is 10.9. The van der Waals surface area contributed by atoms with Crippen molar-refractivity contribution in [3.05, 3.63) is 76.9 Å². The van der Waals surface area contributed by atoms with Crippen molar-refractivity contribution in [2.45, 2.75) is 6.92 Å². The third-order valence-electron chi connectivity index (χ3n) is 3.70. The Morgan fingerprint density at radius 1 is 1.08 bits per heavy atom. The fourth-order valence-electron chi connectivity index (χ4n) is 2.39. The van der Waals surface area contributed by atoms with Crippen LogP contribution in [0.3, 0.4) is 0 Å². The van der Waals surface area contributed by atoms with Crippen LogP contribution in [0.1, 0.15) is 15.9 Å². The molecule has 0 bridgehead atoms. The second-order valence-electron chi connectivity index (χ2n) is 5.55. The second-order valence-corrected chi connectivity index (χ2v) is 5.99. The van der Waals surface area contributed by atoms with Gasteiger partial charge in [0.15, 0.2) is 0 Å². The molecule has 0 aliphatic heterocycles. The largest absolute Gasteiger partial charge is 0.496 e. The van der Waals surface area contributed by atoms with E-state index in [1.807, 2.05) is 19.1 Å². The van der Waals surface area contributed by atoms with Crippen LogP contribution < -0.4 is 14.8 Å². The number of para-hydroxylation sites is 1. The van der Waals surface area contributed by atoms with Gasteiger partial charge in [0.2, 0.25) is 5.88 Å². The monoisotopic (exact) mass is 368 g/mol. The third kappa shape index (κ3) is 4.13. The number of carbonyl (C=O) groups excluding carboxylic acids is 1. The van der Waals surface area contributed by atoms with Gasteiger partial charge in [-0.1, -0.05) is 23.7 Å². The van der Waals surface area contributed by atoms with E-state index in [0.717, 1.165) is 5.56 Å². The molecule has 0 unspecified atom stereocenters. The Morgan fingerprint density at radius 3 is 2.58 bits per heavy atom. The van der Waals surface area contributed by atoms with Crippen molar-refractivity contribution < 1.29 is 14.3 Å². The van der Waals surface area contributed by atoms with E-state index in [-0.39, 0.29) is 5.91 Å². The number of ether oxygens (including phenoxy) is 2. The maximum absolute atomic E-state index is 12.4. The number of hydrogen-bond donors (Lipinski definition) is 1. The van der Waals surface area contributed by atoms with Crippen molar-refractivity contribution in [3.63, 3.8) is 0 Å². The number of nitrogens with zero attached hydrogens (tertiary/aromatic N) is 1. The molecule has 0 aliphatic rings. The maximum atomic E-state index is 12.4. The summed E-state index contributed by atoms with van der Waals surface area (Å²) in [5, 5.41) is 3.44. The Balaban J connectivity index is 1.70. The van der Waals surface area contributed by atoms with E-state index in [4.69, 9.17) is 21.1 Å². The average molecular weight is 369 g/mol. The molecule has 1 N–H and O–H groups in total. The SMILES string of the molecule is COc1ccccc1C(=O)Nc1ccc(Oc2ccc(Cl)cc2C)nc1. The summed E-state index contributed by atoms with van der Waals surface area (Å²) in [4.78, 5) is 16.6. The van der Waals surface area contributed by atoms with Gasteiger partial charge < -0.3 is 14.8 Å². The van der Waals surface area contributed by atoms with Gasteiger partial charge in [-0.25, -0.2) is 4.98 Å². The number of pyridine rings is 1. The van der Waals surface area contributed by atoms with Gasteiger partial charge in [0.05, 0.1) is 24.6 Å². The molecule has 0 radical (unpaired) electrons. The zero-order valence-corrected chi connectivity index (χ0v) is 15.1. The number of aryl methyl sites for hydroxylation is 1. The van der Waals surface area contributed by atoms with E-state index in [2.05, 4.69) is 10.3 Å². The predicted octanol–water partition coefficient (Wildman–Crippen LogP) is 5.10. The molecule has 0 atom stereocenters. The lowest BCUT2D eigenvalue weighted by molar-refractivity contribution is 0.102. The second kappa shape index (κ2) is 7.89. The number of halogens is 1. The van der Waals surface area contributed by atoms with Crippen molar-refractivity contribution in [1.82, 2.24) is 4.98 Å². The van der Waals surface area contributed by atoms with E-state index in [9.17, 15) is 4.79 Å². The van der Waals surface area contributed by atoms with Crippen molar-refractivity contribution >= 4 is 23.2 Å². The molecule has 1 heterocycles. The van der Waals surface area contributed by atoms with E-state index in [0.29, 0.717) is 33.7 Å². The van der Waals surface area contributed by atoms with Crippen LogP contribution in [0, 0.1) is 6.92 Å². The van der Waals surface area contributed by atoms with Crippen molar-refractivity contribution in [1.29, 1.82) is 0 Å². The minimum Gasteiger partial charge on any atom is -0.496 e. The Labute approximate surface area is 156 Å². The van der Waals surface area contributed by atoms with Crippen LogP contribution in [0.15, 0.2) is 60.8 Å². The molecule has 132 valence electrons. The molecule has 3 aromatic rings. The number of benzene rings is 2. The lowest BCUT2D eigenvalue weighted by Gasteiger charge is -2.10. The summed E-state index contributed by atoms with van der Waals surface area (Å²) in [6.45, 7) is 1.91. The van der Waals surface area contributed by atoms with Gasteiger partial charge in [-0.05, 0) is 48.9 Å². The zero-order chi connectivity index (χ0) is 18.5. The van der Waals surface area contributed by atoms with Crippen molar-refractivity contribution in [3.8, 4) is 17.4 Å². The first-order chi connectivity index (χ1) is 12.6. The number of methoxy groups -OCH3 is 1. The molecule has 6 heteroatoms. The molecular weight excluding hydrogens is 352 g/mol. The zero-order valence-electron chi connectivity index (χ0n) is 14.3. The van der Waals surface area contributed by atoms with Gasteiger partial charge in [-0.2, -0.15) is 0 Å². The smallest absolute Gasteiger partial charge is 0.259 e. The van der Waals surface area contributed by atoms with Gasteiger partial charge in [0, 0.05) is 11.1 Å². The number of hydrogen-bond acceptors (Lipinski definition) is 4. The van der Waals surface area contributed by atoms with Crippen LogP contribution in [-0.2, 0) is 0 Å². The normalized spacial score (nSPS) is 10.3. The summed E-state index contributed by atoms with van der Waals surface area (Å²) in [6.07, 6.45) is 1.54. The van der Waals surface area contributed by atoms with Gasteiger partial charge in [-0.3, -0.25) is 4.79 Å². The highest BCUT2D eigenvalue weighted by molar-refractivity contribution is 6.30. The lowest BCUT2D eigenvalue weighted by Crippen LogP contribution is -2.13. The molecule has 0 fully saturated rings. The van der Waals surface area contributed by atoms with Crippen LogP contribution in [0.25, 0.3) is 0 Å². The molecule has 0 aliphatic carbocycles. The Morgan fingerprint density at radius 2 is 1.88 bits per heavy atom. The maximum Gasteiger partial charge on any atom is 0.259 e. The van der Waals surface area contributed by atoms with Crippen molar-refractivity contribution in [2.75, 3.05) is 12.4 Å². The van der Waals surface area contributed by atoms with Crippen molar-refractivity contribution in [2.24, 2.45) is 0 Å². The summed E-state index contributed by atoms with van der Waals surface area (Å²) >= 11 is 5.94. The average Bonchev–Trinajstić information content (AvgIpc) is 2.65. The number of carbonyl (C=O) groups is 1. The molecule has 2 aromatic carbocycles. The number of rotatable bonds is 5. The Bertz CT molecular complexity index is 927. The molecule has 0 saturated heterocycles.